The lowest BCUT2D eigenvalue weighted by Gasteiger charge is -2.13. The molecule has 0 unspecified atom stereocenters. The second-order valence-electron chi connectivity index (χ2n) is 7.69. The van der Waals surface area contributed by atoms with Gasteiger partial charge in [0.15, 0.2) is 22.8 Å². The summed E-state index contributed by atoms with van der Waals surface area (Å²) >= 11 is 0. The van der Waals surface area contributed by atoms with Crippen molar-refractivity contribution >= 4 is 34.3 Å². The van der Waals surface area contributed by atoms with Crippen molar-refractivity contribution in [3.8, 4) is 11.4 Å². The highest BCUT2D eigenvalue weighted by molar-refractivity contribution is 6.04. The second-order valence-corrected chi connectivity index (χ2v) is 7.69. The van der Waals surface area contributed by atoms with Gasteiger partial charge in [-0.2, -0.15) is 13.2 Å². The molecule has 176 valence electrons. The van der Waals surface area contributed by atoms with Gasteiger partial charge in [-0.1, -0.05) is 12.1 Å². The van der Waals surface area contributed by atoms with Gasteiger partial charge in [-0.25, -0.2) is 15.0 Å². The summed E-state index contributed by atoms with van der Waals surface area (Å²) in [6.45, 7) is 1.86. The van der Waals surface area contributed by atoms with Crippen LogP contribution in [-0.4, -0.2) is 25.8 Å². The standard InChI is InChI=1S/C24H17F3N6O2/c1-13-5-6-17(30-23(34)14-3-2-4-16(9-14)24(25,26)27)10-18(13)31-22-19-21(29-12-28-19)32-20(33-22)15-7-8-35-11-15/h2-12H,1H3,(H,30,34)(H2,28,29,31,32,33). The molecule has 35 heavy (non-hydrogen) atoms. The Kier molecular flexibility index (Phi) is 5.44. The number of fused-ring (bicyclic) bond motifs is 1. The van der Waals surface area contributed by atoms with Crippen LogP contribution >= 0.6 is 0 Å². The fourth-order valence-corrected chi connectivity index (χ4v) is 3.45. The summed E-state index contributed by atoms with van der Waals surface area (Å²) in [5.41, 5.74) is 2.57. The van der Waals surface area contributed by atoms with Crippen LogP contribution < -0.4 is 10.6 Å². The summed E-state index contributed by atoms with van der Waals surface area (Å²) < 4.78 is 44.1. The molecule has 11 heteroatoms. The first kappa shape index (κ1) is 22.1. The average molecular weight is 478 g/mol. The lowest BCUT2D eigenvalue weighted by atomic mass is 10.1. The highest BCUT2D eigenvalue weighted by atomic mass is 19.4. The monoisotopic (exact) mass is 478 g/mol. The minimum Gasteiger partial charge on any atom is -0.472 e. The van der Waals surface area contributed by atoms with E-state index in [1.54, 1.807) is 24.3 Å². The number of H-pyrrole nitrogens is 1. The number of aromatic amines is 1. The van der Waals surface area contributed by atoms with Crippen LogP contribution in [0.25, 0.3) is 22.6 Å². The van der Waals surface area contributed by atoms with E-state index in [4.69, 9.17) is 4.42 Å². The fraction of sp³-hybridized carbons (Fsp3) is 0.0833. The molecular formula is C24H17F3N6O2. The summed E-state index contributed by atoms with van der Waals surface area (Å²) in [5.74, 6) is 0.187. The van der Waals surface area contributed by atoms with Gasteiger partial charge in [0.05, 0.1) is 23.7 Å². The molecule has 8 nitrogen and oxygen atoms in total. The van der Waals surface area contributed by atoms with Crippen molar-refractivity contribution in [2.24, 2.45) is 0 Å². The van der Waals surface area contributed by atoms with Crippen molar-refractivity contribution in [2.75, 3.05) is 10.6 Å². The minimum atomic E-state index is -4.54. The smallest absolute Gasteiger partial charge is 0.416 e. The molecule has 0 radical (unpaired) electrons. The first-order valence-electron chi connectivity index (χ1n) is 10.4. The molecule has 0 bridgehead atoms. The van der Waals surface area contributed by atoms with Crippen molar-refractivity contribution in [2.45, 2.75) is 13.1 Å². The van der Waals surface area contributed by atoms with E-state index in [0.717, 1.165) is 17.7 Å². The number of amides is 1. The van der Waals surface area contributed by atoms with Gasteiger partial charge in [-0.3, -0.25) is 4.79 Å². The lowest BCUT2D eigenvalue weighted by molar-refractivity contribution is -0.137. The number of imidazole rings is 1. The molecule has 0 aliphatic heterocycles. The zero-order valence-corrected chi connectivity index (χ0v) is 18.1. The van der Waals surface area contributed by atoms with Crippen molar-refractivity contribution in [1.82, 2.24) is 19.9 Å². The molecule has 5 aromatic rings. The van der Waals surface area contributed by atoms with E-state index < -0.39 is 17.6 Å². The Morgan fingerprint density at radius 3 is 2.71 bits per heavy atom. The number of hydrogen-bond donors (Lipinski definition) is 3. The number of halogens is 3. The summed E-state index contributed by atoms with van der Waals surface area (Å²) in [6, 6.07) is 11.1. The molecule has 0 atom stereocenters. The number of aromatic nitrogens is 4. The van der Waals surface area contributed by atoms with Gasteiger partial charge in [-0.05, 0) is 48.9 Å². The number of anilines is 3. The maximum absolute atomic E-state index is 13.0. The maximum Gasteiger partial charge on any atom is 0.416 e. The van der Waals surface area contributed by atoms with E-state index in [1.807, 2.05) is 6.92 Å². The van der Waals surface area contributed by atoms with Crippen LogP contribution in [0, 0.1) is 6.92 Å². The van der Waals surface area contributed by atoms with Gasteiger partial charge in [0.2, 0.25) is 0 Å². The summed E-state index contributed by atoms with van der Waals surface area (Å²) in [5, 5.41) is 5.86. The summed E-state index contributed by atoms with van der Waals surface area (Å²) in [7, 11) is 0. The predicted molar refractivity (Wildman–Crippen MR) is 123 cm³/mol. The van der Waals surface area contributed by atoms with Gasteiger partial charge in [-0.15, -0.1) is 0 Å². The van der Waals surface area contributed by atoms with Crippen LogP contribution in [0.2, 0.25) is 0 Å². The summed E-state index contributed by atoms with van der Waals surface area (Å²) in [6.07, 6.45) is 0.00405. The van der Waals surface area contributed by atoms with Gasteiger partial charge in [0, 0.05) is 16.9 Å². The largest absolute Gasteiger partial charge is 0.472 e. The van der Waals surface area contributed by atoms with E-state index in [2.05, 4.69) is 30.6 Å². The zero-order chi connectivity index (χ0) is 24.6. The Morgan fingerprint density at radius 1 is 1.09 bits per heavy atom. The number of benzene rings is 2. The Hall–Kier alpha value is -4.67. The number of rotatable bonds is 5. The van der Waals surface area contributed by atoms with Gasteiger partial charge < -0.3 is 20.0 Å². The third kappa shape index (κ3) is 4.56. The van der Waals surface area contributed by atoms with Crippen LogP contribution in [0.4, 0.5) is 30.4 Å². The van der Waals surface area contributed by atoms with Crippen LogP contribution in [-0.2, 0) is 6.18 Å². The number of alkyl halides is 3. The molecule has 2 aromatic carbocycles. The number of nitrogens with zero attached hydrogens (tertiary/aromatic N) is 3. The van der Waals surface area contributed by atoms with Crippen molar-refractivity contribution in [1.29, 1.82) is 0 Å². The molecule has 3 aromatic heterocycles. The van der Waals surface area contributed by atoms with E-state index in [-0.39, 0.29) is 5.56 Å². The Bertz CT molecular complexity index is 1530. The average Bonchev–Trinajstić information content (AvgIpc) is 3.53. The van der Waals surface area contributed by atoms with E-state index in [0.29, 0.717) is 39.7 Å². The third-order valence-electron chi connectivity index (χ3n) is 5.26. The zero-order valence-electron chi connectivity index (χ0n) is 18.1. The molecule has 0 aliphatic carbocycles. The van der Waals surface area contributed by atoms with Crippen LogP contribution in [0.3, 0.4) is 0 Å². The van der Waals surface area contributed by atoms with E-state index in [1.165, 1.54) is 31.0 Å². The molecule has 0 saturated carbocycles. The number of furan rings is 1. The summed E-state index contributed by atoms with van der Waals surface area (Å²) in [4.78, 5) is 28.9. The lowest BCUT2D eigenvalue weighted by Crippen LogP contribution is -2.14. The molecule has 1 amide bonds. The number of hydrogen-bond acceptors (Lipinski definition) is 6. The Balaban J connectivity index is 1.44. The van der Waals surface area contributed by atoms with Crippen molar-refractivity contribution < 1.29 is 22.4 Å². The minimum absolute atomic E-state index is 0.103. The Labute approximate surface area is 196 Å². The van der Waals surface area contributed by atoms with Crippen molar-refractivity contribution in [3.05, 3.63) is 84.1 Å². The third-order valence-corrected chi connectivity index (χ3v) is 5.26. The van der Waals surface area contributed by atoms with Gasteiger partial charge >= 0.3 is 6.18 Å². The molecular weight excluding hydrogens is 461 g/mol. The number of carbonyl (C=O) groups excluding carboxylic acids is 1. The topological polar surface area (TPSA) is 109 Å². The van der Waals surface area contributed by atoms with Gasteiger partial charge in [0.1, 0.15) is 6.26 Å². The van der Waals surface area contributed by atoms with Crippen LogP contribution in [0.15, 0.2) is 71.8 Å². The molecule has 0 saturated heterocycles. The van der Waals surface area contributed by atoms with Gasteiger partial charge in [0.25, 0.3) is 5.91 Å². The first-order valence-corrected chi connectivity index (χ1v) is 10.4. The first-order chi connectivity index (χ1) is 16.8. The SMILES string of the molecule is Cc1ccc(NC(=O)c2cccc(C(F)(F)F)c2)cc1Nc1nc(-c2ccoc2)nc2[nH]cnc12. The number of carbonyl (C=O) groups is 1. The van der Waals surface area contributed by atoms with Crippen LogP contribution in [0.1, 0.15) is 21.5 Å². The quantitative estimate of drug-likeness (QED) is 0.289. The Morgan fingerprint density at radius 2 is 1.94 bits per heavy atom. The maximum atomic E-state index is 13.0. The van der Waals surface area contributed by atoms with E-state index in [9.17, 15) is 18.0 Å². The number of aryl methyl sites for hydroxylation is 1. The molecule has 5 rings (SSSR count). The molecule has 0 spiro atoms. The number of nitrogens with one attached hydrogen (secondary N) is 3. The van der Waals surface area contributed by atoms with Crippen molar-refractivity contribution in [3.63, 3.8) is 0 Å². The van der Waals surface area contributed by atoms with Crippen LogP contribution in [0.5, 0.6) is 0 Å². The molecule has 3 N–H and O–H groups in total. The highest BCUT2D eigenvalue weighted by Crippen LogP contribution is 2.31. The molecule has 0 fully saturated rings. The normalized spacial score (nSPS) is 11.5. The second kappa shape index (κ2) is 8.60. The fourth-order valence-electron chi connectivity index (χ4n) is 3.45. The predicted octanol–water partition coefficient (Wildman–Crippen LogP) is 5.94. The molecule has 3 heterocycles. The van der Waals surface area contributed by atoms with E-state index >= 15 is 0 Å². The highest BCUT2D eigenvalue weighted by Gasteiger charge is 2.30. The molecule has 0 aliphatic rings.